The van der Waals surface area contributed by atoms with Gasteiger partial charge in [0, 0.05) is 12.5 Å². The Labute approximate surface area is 121 Å². The Hall–Kier alpha value is -0.710. The second-order valence-electron chi connectivity index (χ2n) is 4.81. The Bertz CT molecular complexity index is 453. The van der Waals surface area contributed by atoms with E-state index < -0.39 is 11.1 Å². The normalized spacial score (nSPS) is 25.6. The van der Waals surface area contributed by atoms with Gasteiger partial charge in [0.2, 0.25) is 0 Å². The van der Waals surface area contributed by atoms with Crippen molar-refractivity contribution < 1.29 is 8.39 Å². The zero-order valence-electron chi connectivity index (χ0n) is 10.9. The molecule has 0 spiro atoms. The predicted octanol–water partition coefficient (Wildman–Crippen LogP) is 3.62. The van der Waals surface area contributed by atoms with Crippen LogP contribution in [-0.2, 0) is 15.3 Å². The summed E-state index contributed by atoms with van der Waals surface area (Å²) in [6.07, 6.45) is 12.0. The molecule has 1 unspecified atom stereocenters. The maximum absolute atomic E-state index is 11.0. The Morgan fingerprint density at radius 2 is 2.11 bits per heavy atom. The number of rotatable bonds is 4. The molecule has 1 aromatic heterocycles. The number of allylic oxidation sites excluding steroid dienone is 1. The van der Waals surface area contributed by atoms with Crippen LogP contribution in [0.3, 0.4) is 0 Å². The number of aromatic nitrogens is 1. The summed E-state index contributed by atoms with van der Waals surface area (Å²) in [6, 6.07) is 3.75. The summed E-state index contributed by atoms with van der Waals surface area (Å²) in [5.41, 5.74) is 1.07. The zero-order valence-corrected chi connectivity index (χ0v) is 12.5. The monoisotopic (exact) mass is 299 g/mol. The van der Waals surface area contributed by atoms with Crippen molar-refractivity contribution in [2.45, 2.75) is 31.8 Å². The van der Waals surface area contributed by atoms with Crippen LogP contribution in [0.4, 0.5) is 0 Å². The molecule has 0 radical (unpaired) electrons. The topological polar surface area (TPSA) is 39.2 Å². The number of hydrogen-bond donors (Lipinski definition) is 0. The van der Waals surface area contributed by atoms with E-state index in [9.17, 15) is 4.21 Å². The second kappa shape index (κ2) is 7.17. The molecule has 0 saturated heterocycles. The lowest BCUT2D eigenvalue weighted by Gasteiger charge is -2.25. The molecule has 5 heteroatoms. The van der Waals surface area contributed by atoms with Crippen LogP contribution in [0.15, 0.2) is 24.4 Å². The summed E-state index contributed by atoms with van der Waals surface area (Å²) in [7, 11) is 0. The summed E-state index contributed by atoms with van der Waals surface area (Å²) in [5.74, 6) is 0.570. The first-order valence-corrected chi connectivity index (χ1v) is 8.30. The van der Waals surface area contributed by atoms with E-state index in [1.807, 2.05) is 6.07 Å². The van der Waals surface area contributed by atoms with Gasteiger partial charge in [-0.15, -0.1) is 0 Å². The van der Waals surface area contributed by atoms with Crippen molar-refractivity contribution in [2.75, 3.05) is 6.26 Å². The highest BCUT2D eigenvalue weighted by Gasteiger charge is 2.20. The molecular formula is C14H18ClNO2S. The molecule has 104 valence electrons. The largest absolute Gasteiger partial charge is 0.287 e. The van der Waals surface area contributed by atoms with E-state index in [1.54, 1.807) is 18.5 Å². The minimum absolute atomic E-state index is 0.160. The first kappa shape index (κ1) is 14.7. The van der Waals surface area contributed by atoms with Crippen LogP contribution < -0.4 is 0 Å². The average molecular weight is 300 g/mol. The molecule has 1 heterocycles. The first-order chi connectivity index (χ1) is 9.13. The first-order valence-electron chi connectivity index (χ1n) is 6.44. The molecule has 19 heavy (non-hydrogen) atoms. The highest BCUT2D eigenvalue weighted by atomic mass is 35.5. The van der Waals surface area contributed by atoms with Gasteiger partial charge in [-0.1, -0.05) is 29.8 Å². The van der Waals surface area contributed by atoms with Gasteiger partial charge in [-0.3, -0.25) is 4.18 Å². The van der Waals surface area contributed by atoms with Gasteiger partial charge in [0.1, 0.15) is 5.15 Å². The van der Waals surface area contributed by atoms with E-state index in [0.717, 1.165) is 31.2 Å². The van der Waals surface area contributed by atoms with Gasteiger partial charge in [-0.05, 0) is 43.2 Å². The van der Waals surface area contributed by atoms with Gasteiger partial charge < -0.3 is 0 Å². The van der Waals surface area contributed by atoms with Crippen LogP contribution in [0.5, 0.6) is 0 Å². The molecule has 1 fully saturated rings. The van der Waals surface area contributed by atoms with Crippen LogP contribution in [0, 0.1) is 5.92 Å². The smallest absolute Gasteiger partial charge is 0.152 e. The van der Waals surface area contributed by atoms with Gasteiger partial charge in [0.05, 0.1) is 6.10 Å². The van der Waals surface area contributed by atoms with Gasteiger partial charge in [0.15, 0.2) is 11.1 Å². The van der Waals surface area contributed by atoms with E-state index in [4.69, 9.17) is 15.8 Å². The Morgan fingerprint density at radius 1 is 1.37 bits per heavy atom. The summed E-state index contributed by atoms with van der Waals surface area (Å²) >= 11 is 4.60. The lowest BCUT2D eigenvalue weighted by atomic mass is 9.87. The fraction of sp³-hybridized carbons (Fsp3) is 0.500. The third kappa shape index (κ3) is 5.05. The summed E-state index contributed by atoms with van der Waals surface area (Å²) in [6.45, 7) is 0. The van der Waals surface area contributed by atoms with E-state index in [0.29, 0.717) is 11.1 Å². The SMILES string of the molecule is CS(=O)OC1CCC(/C=C/c2ccc(Cl)nc2)CC1. The molecule has 1 aromatic rings. The second-order valence-corrected chi connectivity index (χ2v) is 6.19. The van der Waals surface area contributed by atoms with Crippen LogP contribution in [-0.4, -0.2) is 21.6 Å². The highest BCUT2D eigenvalue weighted by Crippen LogP contribution is 2.28. The lowest BCUT2D eigenvalue weighted by Crippen LogP contribution is -2.21. The van der Waals surface area contributed by atoms with Crippen molar-refractivity contribution in [1.82, 2.24) is 4.98 Å². The van der Waals surface area contributed by atoms with Crippen molar-refractivity contribution in [1.29, 1.82) is 0 Å². The molecule has 2 rings (SSSR count). The van der Waals surface area contributed by atoms with Crippen LogP contribution in [0.2, 0.25) is 5.15 Å². The fourth-order valence-electron chi connectivity index (χ4n) is 2.30. The molecule has 1 aliphatic carbocycles. The molecule has 0 amide bonds. The summed E-state index contributed by atoms with van der Waals surface area (Å²) in [5, 5.41) is 0.516. The van der Waals surface area contributed by atoms with Crippen LogP contribution in [0.25, 0.3) is 6.08 Å². The van der Waals surface area contributed by atoms with Crippen molar-refractivity contribution in [3.05, 3.63) is 35.1 Å². The third-order valence-electron chi connectivity index (χ3n) is 3.30. The average Bonchev–Trinajstić information content (AvgIpc) is 2.39. The number of hydrogen-bond acceptors (Lipinski definition) is 3. The molecule has 0 aliphatic heterocycles. The molecule has 3 nitrogen and oxygen atoms in total. The van der Waals surface area contributed by atoms with E-state index >= 15 is 0 Å². The number of pyridine rings is 1. The molecule has 1 saturated carbocycles. The van der Waals surface area contributed by atoms with Gasteiger partial charge in [-0.2, -0.15) is 0 Å². The van der Waals surface area contributed by atoms with Crippen molar-refractivity contribution in [3.63, 3.8) is 0 Å². The molecular weight excluding hydrogens is 282 g/mol. The summed E-state index contributed by atoms with van der Waals surface area (Å²) < 4.78 is 16.3. The van der Waals surface area contributed by atoms with E-state index in [1.165, 1.54) is 0 Å². The third-order valence-corrected chi connectivity index (χ3v) is 4.07. The Kier molecular flexibility index (Phi) is 5.55. The minimum atomic E-state index is -1.15. The van der Waals surface area contributed by atoms with E-state index in [2.05, 4.69) is 17.1 Å². The summed E-state index contributed by atoms with van der Waals surface area (Å²) in [4.78, 5) is 4.05. The molecule has 0 bridgehead atoms. The van der Waals surface area contributed by atoms with Crippen molar-refractivity contribution >= 4 is 28.8 Å². The van der Waals surface area contributed by atoms with Crippen molar-refractivity contribution in [3.8, 4) is 0 Å². The molecule has 0 N–H and O–H groups in total. The fourth-order valence-corrected chi connectivity index (χ4v) is 2.99. The number of nitrogens with zero attached hydrogens (tertiary/aromatic N) is 1. The van der Waals surface area contributed by atoms with Gasteiger partial charge in [-0.25, -0.2) is 9.19 Å². The van der Waals surface area contributed by atoms with E-state index in [-0.39, 0.29) is 6.10 Å². The maximum atomic E-state index is 11.0. The highest BCUT2D eigenvalue weighted by molar-refractivity contribution is 7.79. The maximum Gasteiger partial charge on any atom is 0.152 e. The quantitative estimate of drug-likeness (QED) is 0.797. The Morgan fingerprint density at radius 3 is 2.68 bits per heavy atom. The van der Waals surface area contributed by atoms with Gasteiger partial charge >= 0.3 is 0 Å². The van der Waals surface area contributed by atoms with Crippen molar-refractivity contribution in [2.24, 2.45) is 5.92 Å². The Balaban J connectivity index is 1.82. The minimum Gasteiger partial charge on any atom is -0.287 e. The molecule has 1 aliphatic rings. The standard InChI is InChI=1S/C14H18ClNO2S/c1-19(17)18-13-7-4-11(5-8-13)2-3-12-6-9-14(15)16-10-12/h2-3,6,9-11,13H,4-5,7-8H2,1H3/b3-2+. The number of halogens is 1. The van der Waals surface area contributed by atoms with Crippen LogP contribution >= 0.6 is 11.6 Å². The molecule has 0 aromatic carbocycles. The zero-order chi connectivity index (χ0) is 13.7. The lowest BCUT2D eigenvalue weighted by molar-refractivity contribution is 0.160. The van der Waals surface area contributed by atoms with Crippen LogP contribution in [0.1, 0.15) is 31.2 Å². The molecule has 1 atom stereocenters. The van der Waals surface area contributed by atoms with Gasteiger partial charge in [0.25, 0.3) is 0 Å². The predicted molar refractivity (Wildman–Crippen MR) is 79.2 cm³/mol.